The second-order valence-corrected chi connectivity index (χ2v) is 8.43. The quantitative estimate of drug-likeness (QED) is 0.828. The van der Waals surface area contributed by atoms with Crippen LogP contribution in [-0.2, 0) is 9.59 Å². The predicted octanol–water partition coefficient (Wildman–Crippen LogP) is 4.51. The first-order chi connectivity index (χ1) is 13.2. The minimum atomic E-state index is -0.459. The lowest BCUT2D eigenvalue weighted by atomic mass is 10.0. The molecule has 1 atom stereocenters. The first-order valence-electron chi connectivity index (χ1n) is 9.22. The molecule has 0 aromatic heterocycles. The fourth-order valence-electron chi connectivity index (χ4n) is 3.34. The van der Waals surface area contributed by atoms with Crippen molar-refractivity contribution in [1.29, 1.82) is 0 Å². The van der Waals surface area contributed by atoms with Crippen LogP contribution in [-0.4, -0.2) is 34.2 Å². The van der Waals surface area contributed by atoms with Crippen LogP contribution in [0.1, 0.15) is 28.7 Å². The fraction of sp³-hybridized carbons (Fsp3) is 0.318. The molecule has 0 radical (unpaired) electrons. The smallest absolute Gasteiger partial charge is 0.242 e. The number of anilines is 1. The number of hydrogen-bond acceptors (Lipinski definition) is 4. The van der Waals surface area contributed by atoms with E-state index < -0.39 is 5.25 Å². The molecule has 2 aromatic carbocycles. The van der Waals surface area contributed by atoms with Crippen LogP contribution in [0.3, 0.4) is 0 Å². The van der Waals surface area contributed by atoms with Gasteiger partial charge in [-0.15, -0.1) is 0 Å². The number of aliphatic imine (C=N–C) groups is 1. The van der Waals surface area contributed by atoms with Crippen molar-refractivity contribution in [3.05, 3.63) is 58.7 Å². The van der Waals surface area contributed by atoms with Crippen molar-refractivity contribution in [3.8, 4) is 0 Å². The van der Waals surface area contributed by atoms with Crippen LogP contribution in [0.25, 0.3) is 0 Å². The van der Waals surface area contributed by atoms with Gasteiger partial charge in [0.2, 0.25) is 11.8 Å². The number of benzene rings is 2. The average molecular weight is 396 g/mol. The van der Waals surface area contributed by atoms with Crippen molar-refractivity contribution in [1.82, 2.24) is 4.90 Å². The van der Waals surface area contributed by atoms with Crippen LogP contribution < -0.4 is 5.32 Å². The van der Waals surface area contributed by atoms with Crippen LogP contribution >= 0.6 is 11.8 Å². The van der Waals surface area contributed by atoms with Gasteiger partial charge in [0.25, 0.3) is 0 Å². The number of nitrogens with zero attached hydrogens (tertiary/aromatic N) is 2. The lowest BCUT2D eigenvalue weighted by molar-refractivity contribution is -0.127. The second-order valence-electron chi connectivity index (χ2n) is 7.26. The highest BCUT2D eigenvalue weighted by Gasteiger charge is 2.37. The summed E-state index contributed by atoms with van der Waals surface area (Å²) in [7, 11) is 1.70. The highest BCUT2D eigenvalue weighted by atomic mass is 32.2. The van der Waals surface area contributed by atoms with E-state index >= 15 is 0 Å². The molecule has 1 aliphatic rings. The summed E-state index contributed by atoms with van der Waals surface area (Å²) in [4.78, 5) is 31.3. The molecule has 2 aromatic rings. The highest BCUT2D eigenvalue weighted by molar-refractivity contribution is 8.15. The molecule has 3 rings (SSSR count). The van der Waals surface area contributed by atoms with Crippen molar-refractivity contribution < 1.29 is 9.59 Å². The Hall–Kier alpha value is -2.60. The molecule has 1 saturated heterocycles. The van der Waals surface area contributed by atoms with Gasteiger partial charge in [-0.2, -0.15) is 0 Å². The third-order valence-corrected chi connectivity index (χ3v) is 5.91. The van der Waals surface area contributed by atoms with Gasteiger partial charge >= 0.3 is 0 Å². The molecule has 1 heterocycles. The topological polar surface area (TPSA) is 61.8 Å². The summed E-state index contributed by atoms with van der Waals surface area (Å²) in [5, 5.41) is 3.14. The summed E-state index contributed by atoms with van der Waals surface area (Å²) in [5.41, 5.74) is 5.95. The fourth-order valence-corrected chi connectivity index (χ4v) is 4.50. The van der Waals surface area contributed by atoms with E-state index in [0.29, 0.717) is 5.17 Å². The largest absolute Gasteiger partial charge is 0.326 e. The lowest BCUT2D eigenvalue weighted by Crippen LogP contribution is -2.30. The molecule has 6 heteroatoms. The van der Waals surface area contributed by atoms with E-state index in [-0.39, 0.29) is 18.2 Å². The molecule has 0 saturated carbocycles. The van der Waals surface area contributed by atoms with Crippen LogP contribution in [0.15, 0.2) is 41.4 Å². The standard InChI is InChI=1S/C22H25N3O2S/c1-13-7-6-8-17(11-13)23-22-25(5)21(27)18(28-22)12-19(26)24-20-15(3)9-14(2)10-16(20)4/h6-11,18H,12H2,1-5H3,(H,24,26)/t18-/m0/s1. The van der Waals surface area contributed by atoms with Crippen molar-refractivity contribution in [2.24, 2.45) is 4.99 Å². The average Bonchev–Trinajstić information content (AvgIpc) is 2.86. The van der Waals surface area contributed by atoms with Gasteiger partial charge in [-0.3, -0.25) is 14.5 Å². The second kappa shape index (κ2) is 8.19. The van der Waals surface area contributed by atoms with Crippen molar-refractivity contribution >= 4 is 40.1 Å². The number of hydrogen-bond donors (Lipinski definition) is 1. The molecule has 2 amide bonds. The summed E-state index contributed by atoms with van der Waals surface area (Å²) in [6, 6.07) is 11.9. The molecule has 1 N–H and O–H groups in total. The van der Waals surface area contributed by atoms with Gasteiger partial charge in [0, 0.05) is 19.2 Å². The number of thioether (sulfide) groups is 1. The maximum atomic E-state index is 12.6. The van der Waals surface area contributed by atoms with E-state index in [4.69, 9.17) is 0 Å². The molecule has 1 fully saturated rings. The zero-order valence-corrected chi connectivity index (χ0v) is 17.7. The van der Waals surface area contributed by atoms with E-state index in [1.54, 1.807) is 7.05 Å². The van der Waals surface area contributed by atoms with Gasteiger partial charge in [0.1, 0.15) is 5.25 Å². The number of nitrogens with one attached hydrogen (secondary N) is 1. The maximum absolute atomic E-state index is 12.6. The number of aryl methyl sites for hydroxylation is 4. The zero-order chi connectivity index (χ0) is 20.4. The van der Waals surface area contributed by atoms with Gasteiger partial charge in [0.05, 0.1) is 5.69 Å². The van der Waals surface area contributed by atoms with Crippen LogP contribution in [0, 0.1) is 27.7 Å². The Bertz CT molecular complexity index is 945. The Balaban J connectivity index is 1.71. The highest BCUT2D eigenvalue weighted by Crippen LogP contribution is 2.31. The van der Waals surface area contributed by atoms with E-state index in [9.17, 15) is 9.59 Å². The molecule has 1 aliphatic heterocycles. The third-order valence-electron chi connectivity index (χ3n) is 4.68. The summed E-state index contributed by atoms with van der Waals surface area (Å²) in [6.07, 6.45) is 0.118. The molecule has 5 nitrogen and oxygen atoms in total. The Morgan fingerprint density at radius 1 is 1.11 bits per heavy atom. The first-order valence-corrected chi connectivity index (χ1v) is 10.1. The Morgan fingerprint density at radius 2 is 1.79 bits per heavy atom. The number of carbonyl (C=O) groups is 2. The van der Waals surface area contributed by atoms with Gasteiger partial charge in [-0.25, -0.2) is 4.99 Å². The molecule has 146 valence electrons. The van der Waals surface area contributed by atoms with Crippen molar-refractivity contribution in [2.45, 2.75) is 39.4 Å². The number of rotatable bonds is 4. The molecule has 28 heavy (non-hydrogen) atoms. The van der Waals surface area contributed by atoms with Crippen LogP contribution in [0.4, 0.5) is 11.4 Å². The zero-order valence-electron chi connectivity index (χ0n) is 16.9. The summed E-state index contributed by atoms with van der Waals surface area (Å²) < 4.78 is 0. The summed E-state index contributed by atoms with van der Waals surface area (Å²) in [6.45, 7) is 7.99. The Kier molecular flexibility index (Phi) is 5.89. The maximum Gasteiger partial charge on any atom is 0.242 e. The van der Waals surface area contributed by atoms with Crippen molar-refractivity contribution in [3.63, 3.8) is 0 Å². The minimum absolute atomic E-state index is 0.0936. The van der Waals surface area contributed by atoms with Crippen LogP contribution in [0.2, 0.25) is 0 Å². The molecular formula is C22H25N3O2S. The van der Waals surface area contributed by atoms with Gasteiger partial charge in [0.15, 0.2) is 5.17 Å². The first kappa shape index (κ1) is 20.1. The SMILES string of the molecule is Cc1cccc(N=C2S[C@@H](CC(=O)Nc3c(C)cc(C)cc3C)C(=O)N2C)c1. The van der Waals surface area contributed by atoms with Crippen LogP contribution in [0.5, 0.6) is 0 Å². The molecular weight excluding hydrogens is 370 g/mol. The van der Waals surface area contributed by atoms with Crippen molar-refractivity contribution in [2.75, 3.05) is 12.4 Å². The minimum Gasteiger partial charge on any atom is -0.326 e. The monoisotopic (exact) mass is 395 g/mol. The number of amidine groups is 1. The Labute approximate surface area is 170 Å². The third kappa shape index (κ3) is 4.44. The van der Waals surface area contributed by atoms with E-state index in [1.165, 1.54) is 16.7 Å². The number of amides is 2. The lowest BCUT2D eigenvalue weighted by Gasteiger charge is -2.14. The molecule has 0 aliphatic carbocycles. The van der Waals surface area contributed by atoms with E-state index in [2.05, 4.69) is 10.3 Å². The van der Waals surface area contributed by atoms with E-state index in [0.717, 1.165) is 33.6 Å². The molecule has 0 spiro atoms. The number of carbonyl (C=O) groups excluding carboxylic acids is 2. The predicted molar refractivity (Wildman–Crippen MR) is 116 cm³/mol. The van der Waals surface area contributed by atoms with Gasteiger partial charge < -0.3 is 5.32 Å². The normalized spacial score (nSPS) is 18.0. The van der Waals surface area contributed by atoms with E-state index in [1.807, 2.05) is 64.1 Å². The molecule has 0 unspecified atom stereocenters. The van der Waals surface area contributed by atoms with Gasteiger partial charge in [-0.05, 0) is 56.5 Å². The molecule has 0 bridgehead atoms. The van der Waals surface area contributed by atoms with Gasteiger partial charge in [-0.1, -0.05) is 41.6 Å². The summed E-state index contributed by atoms with van der Waals surface area (Å²) in [5.74, 6) is -0.255. The Morgan fingerprint density at radius 3 is 2.43 bits per heavy atom. The summed E-state index contributed by atoms with van der Waals surface area (Å²) >= 11 is 1.34.